The predicted molar refractivity (Wildman–Crippen MR) is 96.8 cm³/mol. The molecule has 10 heteroatoms. The summed E-state index contributed by atoms with van der Waals surface area (Å²) in [5.74, 6) is -1.03. The molecule has 1 N–H and O–H groups in total. The largest absolute Gasteiger partial charge is 0.449 e. The fraction of sp³-hybridized carbons (Fsp3) is 0.353. The van der Waals surface area contributed by atoms with Crippen molar-refractivity contribution in [2.45, 2.75) is 31.8 Å². The maximum absolute atomic E-state index is 12.3. The van der Waals surface area contributed by atoms with Crippen LogP contribution in [0.25, 0.3) is 0 Å². The van der Waals surface area contributed by atoms with E-state index >= 15 is 0 Å². The molecule has 27 heavy (non-hydrogen) atoms. The van der Waals surface area contributed by atoms with Gasteiger partial charge in [-0.15, -0.1) is 0 Å². The van der Waals surface area contributed by atoms with Crippen LogP contribution in [0.5, 0.6) is 0 Å². The van der Waals surface area contributed by atoms with Crippen LogP contribution in [0.1, 0.15) is 28.7 Å². The topological polar surface area (TPSA) is 119 Å². The van der Waals surface area contributed by atoms with Gasteiger partial charge in [0.25, 0.3) is 5.91 Å². The average Bonchev–Trinajstić information content (AvgIpc) is 2.93. The minimum Gasteiger partial charge on any atom is -0.449 e. The molecule has 146 valence electrons. The molecule has 1 atom stereocenters. The van der Waals surface area contributed by atoms with Crippen molar-refractivity contribution >= 4 is 27.6 Å². The fourth-order valence-electron chi connectivity index (χ4n) is 2.24. The number of ether oxygens (including phenoxy) is 1. The molecule has 0 saturated heterocycles. The number of benzene rings is 1. The van der Waals surface area contributed by atoms with Gasteiger partial charge in [0.05, 0.1) is 10.6 Å². The highest BCUT2D eigenvalue weighted by atomic mass is 32.2. The van der Waals surface area contributed by atoms with Gasteiger partial charge in [-0.3, -0.25) is 4.79 Å². The molecule has 1 heterocycles. The summed E-state index contributed by atoms with van der Waals surface area (Å²) in [6.07, 6.45) is -1.11. The minimum atomic E-state index is -3.63. The van der Waals surface area contributed by atoms with Crippen LogP contribution in [0.15, 0.2) is 33.7 Å². The second kappa shape index (κ2) is 7.89. The molecule has 1 unspecified atom stereocenters. The SMILES string of the molecule is Cc1noc(C)c1C(=O)OC(C)C(=O)Nc1cccc(S(=O)(=O)N(C)C)c1. The highest BCUT2D eigenvalue weighted by molar-refractivity contribution is 7.89. The van der Waals surface area contributed by atoms with Crippen molar-refractivity contribution < 1.29 is 27.3 Å². The molecule has 0 aliphatic rings. The number of aryl methyl sites for hydroxylation is 2. The van der Waals surface area contributed by atoms with Crippen molar-refractivity contribution in [3.05, 3.63) is 41.3 Å². The third kappa shape index (κ3) is 4.52. The summed E-state index contributed by atoms with van der Waals surface area (Å²) in [6.45, 7) is 4.57. The number of amides is 1. The Morgan fingerprint density at radius 1 is 1.26 bits per heavy atom. The highest BCUT2D eigenvalue weighted by Crippen LogP contribution is 2.19. The average molecular weight is 395 g/mol. The number of carbonyl (C=O) groups is 2. The lowest BCUT2D eigenvalue weighted by molar-refractivity contribution is -0.123. The van der Waals surface area contributed by atoms with Crippen LogP contribution >= 0.6 is 0 Å². The van der Waals surface area contributed by atoms with E-state index in [1.54, 1.807) is 13.8 Å². The van der Waals surface area contributed by atoms with Crippen molar-refractivity contribution in [2.24, 2.45) is 0 Å². The van der Waals surface area contributed by atoms with Gasteiger partial charge in [-0.1, -0.05) is 11.2 Å². The molecule has 2 rings (SSSR count). The van der Waals surface area contributed by atoms with Crippen molar-refractivity contribution in [3.63, 3.8) is 0 Å². The van der Waals surface area contributed by atoms with Gasteiger partial charge in [0.1, 0.15) is 11.3 Å². The molecule has 0 radical (unpaired) electrons. The lowest BCUT2D eigenvalue weighted by atomic mass is 10.2. The standard InChI is InChI=1S/C17H21N3O6S/c1-10-15(11(2)26-19-10)17(22)25-12(3)16(21)18-13-7-6-8-14(9-13)27(23,24)20(4)5/h6-9,12H,1-5H3,(H,18,21). The summed E-state index contributed by atoms with van der Waals surface area (Å²) < 4.78 is 35.5. The first-order valence-corrected chi connectivity index (χ1v) is 9.45. The lowest BCUT2D eigenvalue weighted by Gasteiger charge is -2.15. The Morgan fingerprint density at radius 3 is 2.48 bits per heavy atom. The zero-order chi connectivity index (χ0) is 20.4. The van der Waals surface area contributed by atoms with E-state index in [1.807, 2.05) is 0 Å². The van der Waals surface area contributed by atoms with Gasteiger partial charge in [-0.25, -0.2) is 17.5 Å². The van der Waals surface area contributed by atoms with E-state index in [0.29, 0.717) is 11.5 Å². The zero-order valence-corrected chi connectivity index (χ0v) is 16.5. The van der Waals surface area contributed by atoms with Crippen molar-refractivity contribution in [2.75, 3.05) is 19.4 Å². The van der Waals surface area contributed by atoms with Crippen molar-refractivity contribution in [1.82, 2.24) is 9.46 Å². The number of nitrogens with zero attached hydrogens (tertiary/aromatic N) is 2. The Morgan fingerprint density at radius 2 is 1.93 bits per heavy atom. The number of anilines is 1. The van der Waals surface area contributed by atoms with Crippen molar-refractivity contribution in [3.8, 4) is 0 Å². The second-order valence-corrected chi connectivity index (χ2v) is 8.20. The zero-order valence-electron chi connectivity index (χ0n) is 15.6. The van der Waals surface area contributed by atoms with E-state index < -0.39 is 28.0 Å². The number of rotatable bonds is 6. The van der Waals surface area contributed by atoms with Crippen LogP contribution in [0.2, 0.25) is 0 Å². The van der Waals surface area contributed by atoms with Gasteiger partial charge in [0.15, 0.2) is 6.10 Å². The van der Waals surface area contributed by atoms with E-state index in [9.17, 15) is 18.0 Å². The molecule has 2 aromatic rings. The number of hydrogen-bond acceptors (Lipinski definition) is 7. The molecule has 0 bridgehead atoms. The third-order valence-corrected chi connectivity index (χ3v) is 5.58. The summed E-state index contributed by atoms with van der Waals surface area (Å²) >= 11 is 0. The Balaban J connectivity index is 2.10. The molecule has 0 saturated carbocycles. The normalized spacial score (nSPS) is 12.7. The molecule has 1 amide bonds. The molecule has 0 fully saturated rings. The van der Waals surface area contributed by atoms with Crippen LogP contribution < -0.4 is 5.32 Å². The number of carbonyl (C=O) groups excluding carboxylic acids is 2. The molecule has 0 spiro atoms. The quantitative estimate of drug-likeness (QED) is 0.740. The summed E-state index contributed by atoms with van der Waals surface area (Å²) in [6, 6.07) is 5.80. The Hall–Kier alpha value is -2.72. The van der Waals surface area contributed by atoms with Gasteiger partial charge in [-0.2, -0.15) is 0 Å². The molecular formula is C17H21N3O6S. The molecule has 1 aromatic carbocycles. The number of esters is 1. The number of hydrogen-bond donors (Lipinski definition) is 1. The van der Waals surface area contributed by atoms with Gasteiger partial charge in [-0.05, 0) is 39.0 Å². The van der Waals surface area contributed by atoms with Gasteiger partial charge in [0, 0.05) is 19.8 Å². The number of aromatic nitrogens is 1. The predicted octanol–water partition coefficient (Wildman–Crippen LogP) is 1.73. The van der Waals surface area contributed by atoms with E-state index in [0.717, 1.165) is 4.31 Å². The first-order chi connectivity index (χ1) is 12.5. The monoisotopic (exact) mass is 395 g/mol. The maximum Gasteiger partial charge on any atom is 0.344 e. The number of nitrogens with one attached hydrogen (secondary N) is 1. The Bertz CT molecular complexity index is 945. The Labute approximate surface area is 157 Å². The van der Waals surface area contributed by atoms with Gasteiger partial charge < -0.3 is 14.6 Å². The summed E-state index contributed by atoms with van der Waals surface area (Å²) in [7, 11) is -0.807. The summed E-state index contributed by atoms with van der Waals surface area (Å²) in [4.78, 5) is 24.5. The van der Waals surface area contributed by atoms with E-state index in [2.05, 4.69) is 10.5 Å². The van der Waals surface area contributed by atoms with Crippen LogP contribution in [0.3, 0.4) is 0 Å². The third-order valence-electron chi connectivity index (χ3n) is 3.77. The smallest absolute Gasteiger partial charge is 0.344 e. The van der Waals surface area contributed by atoms with Gasteiger partial charge in [0.2, 0.25) is 10.0 Å². The molecule has 9 nitrogen and oxygen atoms in total. The first kappa shape index (κ1) is 20.6. The van der Waals surface area contributed by atoms with Crippen LogP contribution in [0.4, 0.5) is 5.69 Å². The minimum absolute atomic E-state index is 0.0330. The second-order valence-electron chi connectivity index (χ2n) is 6.05. The summed E-state index contributed by atoms with van der Waals surface area (Å²) in [5.41, 5.74) is 0.809. The van der Waals surface area contributed by atoms with E-state index in [1.165, 1.54) is 45.3 Å². The van der Waals surface area contributed by atoms with E-state index in [4.69, 9.17) is 9.26 Å². The first-order valence-electron chi connectivity index (χ1n) is 8.01. The molecule has 0 aliphatic heterocycles. The fourth-order valence-corrected chi connectivity index (χ4v) is 3.18. The van der Waals surface area contributed by atoms with E-state index in [-0.39, 0.29) is 16.1 Å². The number of sulfonamides is 1. The highest BCUT2D eigenvalue weighted by Gasteiger charge is 2.25. The lowest BCUT2D eigenvalue weighted by Crippen LogP contribution is -2.30. The van der Waals surface area contributed by atoms with Crippen LogP contribution in [-0.2, 0) is 19.6 Å². The molecule has 0 aliphatic carbocycles. The molecular weight excluding hydrogens is 374 g/mol. The molecule has 1 aromatic heterocycles. The van der Waals surface area contributed by atoms with Crippen LogP contribution in [0, 0.1) is 13.8 Å². The van der Waals surface area contributed by atoms with Gasteiger partial charge >= 0.3 is 5.97 Å². The summed E-state index contributed by atoms with van der Waals surface area (Å²) in [5, 5.41) is 6.20. The maximum atomic E-state index is 12.3. The van der Waals surface area contributed by atoms with Crippen molar-refractivity contribution in [1.29, 1.82) is 0 Å². The Kier molecular flexibility index (Phi) is 6.01. The van der Waals surface area contributed by atoms with Crippen LogP contribution in [-0.4, -0.2) is 50.0 Å².